The molecule has 0 fully saturated rings. The molecule has 0 aliphatic carbocycles. The van der Waals surface area contributed by atoms with E-state index in [4.69, 9.17) is 27.6 Å². The maximum absolute atomic E-state index is 12.0. The maximum Gasteiger partial charge on any atom is 0.277 e. The van der Waals surface area contributed by atoms with E-state index in [9.17, 15) is 4.79 Å². The molecular formula is C17H12BrCl2N3O2S. The Morgan fingerprint density at radius 2 is 1.88 bits per heavy atom. The summed E-state index contributed by atoms with van der Waals surface area (Å²) >= 11 is 16.3. The van der Waals surface area contributed by atoms with E-state index < -0.39 is 0 Å². The third kappa shape index (κ3) is 5.48. The molecule has 0 aliphatic heterocycles. The number of hydrogen-bond acceptors (Lipinski definition) is 5. The molecule has 1 amide bonds. The Morgan fingerprint density at radius 1 is 1.12 bits per heavy atom. The molecule has 9 heteroatoms. The molecule has 3 rings (SSSR count). The van der Waals surface area contributed by atoms with Gasteiger partial charge in [0.05, 0.1) is 22.2 Å². The highest BCUT2D eigenvalue weighted by Crippen LogP contribution is 2.25. The number of halogens is 3. The standard InChI is InChI=1S/C17H12BrCl2N3O2S/c18-11-3-1-10(2-4-11)7-16-22-23-17(25-16)26-9-15(24)21-12-5-6-13(19)14(20)8-12/h1-6,8H,7,9H2,(H,21,24). The minimum Gasteiger partial charge on any atom is -0.416 e. The van der Waals surface area contributed by atoms with Crippen LogP contribution in [0.2, 0.25) is 10.0 Å². The van der Waals surface area contributed by atoms with E-state index in [-0.39, 0.29) is 11.7 Å². The lowest BCUT2D eigenvalue weighted by atomic mass is 10.2. The van der Waals surface area contributed by atoms with Gasteiger partial charge >= 0.3 is 0 Å². The fraction of sp³-hybridized carbons (Fsp3) is 0.118. The van der Waals surface area contributed by atoms with E-state index in [0.717, 1.165) is 10.0 Å². The first kappa shape index (κ1) is 19.2. The zero-order valence-corrected chi connectivity index (χ0v) is 17.1. The van der Waals surface area contributed by atoms with E-state index in [2.05, 4.69) is 31.4 Å². The van der Waals surface area contributed by atoms with Crippen LogP contribution in [0.25, 0.3) is 0 Å². The van der Waals surface area contributed by atoms with Crippen molar-refractivity contribution in [3.63, 3.8) is 0 Å². The summed E-state index contributed by atoms with van der Waals surface area (Å²) in [6.07, 6.45) is 0.538. The first-order valence-corrected chi connectivity index (χ1v) is 9.97. The molecule has 0 saturated carbocycles. The monoisotopic (exact) mass is 471 g/mol. The first-order chi connectivity index (χ1) is 12.5. The molecular weight excluding hydrogens is 461 g/mol. The molecule has 0 radical (unpaired) electrons. The van der Waals surface area contributed by atoms with Crippen LogP contribution >= 0.6 is 50.9 Å². The van der Waals surface area contributed by atoms with Crippen LogP contribution in [0, 0.1) is 0 Å². The van der Waals surface area contributed by atoms with E-state index >= 15 is 0 Å². The Bertz CT molecular complexity index is 919. The minimum atomic E-state index is -0.207. The number of nitrogens with zero attached hydrogens (tertiary/aromatic N) is 2. The SMILES string of the molecule is O=C(CSc1nnc(Cc2ccc(Br)cc2)o1)Nc1ccc(Cl)c(Cl)c1. The van der Waals surface area contributed by atoms with Gasteiger partial charge in [0, 0.05) is 10.2 Å². The Hall–Kier alpha value is -1.54. The number of thioether (sulfide) groups is 1. The molecule has 2 aromatic carbocycles. The van der Waals surface area contributed by atoms with Crippen molar-refractivity contribution < 1.29 is 9.21 Å². The first-order valence-electron chi connectivity index (χ1n) is 7.44. The van der Waals surface area contributed by atoms with Gasteiger partial charge in [0.1, 0.15) is 0 Å². The van der Waals surface area contributed by atoms with Gasteiger partial charge in [-0.3, -0.25) is 4.79 Å². The van der Waals surface area contributed by atoms with Crippen LogP contribution in [0.15, 0.2) is 56.6 Å². The highest BCUT2D eigenvalue weighted by molar-refractivity contribution is 9.10. The van der Waals surface area contributed by atoms with Gasteiger partial charge in [-0.15, -0.1) is 10.2 Å². The summed E-state index contributed by atoms with van der Waals surface area (Å²) in [6, 6.07) is 12.8. The largest absolute Gasteiger partial charge is 0.416 e. The topological polar surface area (TPSA) is 68.0 Å². The van der Waals surface area contributed by atoms with Crippen molar-refractivity contribution in [3.8, 4) is 0 Å². The summed E-state index contributed by atoms with van der Waals surface area (Å²) < 4.78 is 6.57. The predicted molar refractivity (Wildman–Crippen MR) is 107 cm³/mol. The zero-order chi connectivity index (χ0) is 18.5. The smallest absolute Gasteiger partial charge is 0.277 e. The average Bonchev–Trinajstić information content (AvgIpc) is 3.06. The van der Waals surface area contributed by atoms with Crippen molar-refractivity contribution in [1.29, 1.82) is 0 Å². The van der Waals surface area contributed by atoms with Gasteiger partial charge < -0.3 is 9.73 Å². The maximum atomic E-state index is 12.0. The van der Waals surface area contributed by atoms with Crippen LogP contribution in [0.3, 0.4) is 0 Å². The van der Waals surface area contributed by atoms with E-state index in [1.54, 1.807) is 18.2 Å². The Kier molecular flexibility index (Phi) is 6.58. The number of carbonyl (C=O) groups excluding carboxylic acids is 1. The van der Waals surface area contributed by atoms with Crippen LogP contribution in [-0.4, -0.2) is 21.9 Å². The summed E-state index contributed by atoms with van der Waals surface area (Å²) in [6.45, 7) is 0. The quantitative estimate of drug-likeness (QED) is 0.482. The van der Waals surface area contributed by atoms with Gasteiger partial charge in [0.15, 0.2) is 0 Å². The van der Waals surface area contributed by atoms with Gasteiger partial charge in [-0.1, -0.05) is 63.0 Å². The Morgan fingerprint density at radius 3 is 2.62 bits per heavy atom. The van der Waals surface area contributed by atoms with Crippen molar-refractivity contribution >= 4 is 62.5 Å². The van der Waals surface area contributed by atoms with Crippen molar-refractivity contribution in [3.05, 3.63) is 68.4 Å². The van der Waals surface area contributed by atoms with E-state index in [1.807, 2.05) is 24.3 Å². The van der Waals surface area contributed by atoms with E-state index in [1.165, 1.54) is 11.8 Å². The van der Waals surface area contributed by atoms with Crippen LogP contribution in [0.4, 0.5) is 5.69 Å². The lowest BCUT2D eigenvalue weighted by molar-refractivity contribution is -0.113. The molecule has 1 heterocycles. The Labute approximate surface area is 172 Å². The van der Waals surface area contributed by atoms with Gasteiger partial charge in [0.2, 0.25) is 11.8 Å². The van der Waals surface area contributed by atoms with Crippen molar-refractivity contribution in [2.45, 2.75) is 11.6 Å². The summed E-state index contributed by atoms with van der Waals surface area (Å²) in [5.74, 6) is 0.431. The molecule has 134 valence electrons. The van der Waals surface area contributed by atoms with Crippen molar-refractivity contribution in [1.82, 2.24) is 10.2 Å². The normalized spacial score (nSPS) is 10.7. The second-order valence-corrected chi connectivity index (χ2v) is 7.89. The second-order valence-electron chi connectivity index (χ2n) is 5.23. The average molecular weight is 473 g/mol. The highest BCUT2D eigenvalue weighted by atomic mass is 79.9. The van der Waals surface area contributed by atoms with Gasteiger partial charge in [-0.25, -0.2) is 0 Å². The van der Waals surface area contributed by atoms with Gasteiger partial charge in [-0.2, -0.15) is 0 Å². The number of benzene rings is 2. The number of carbonyl (C=O) groups is 1. The number of anilines is 1. The summed E-state index contributed by atoms with van der Waals surface area (Å²) in [5, 5.41) is 11.9. The third-order valence-corrected chi connectivity index (χ3v) is 5.33. The molecule has 1 aromatic heterocycles. The molecule has 0 spiro atoms. The van der Waals surface area contributed by atoms with Crippen LogP contribution in [0.5, 0.6) is 0 Å². The summed E-state index contributed by atoms with van der Waals surface area (Å²) in [4.78, 5) is 12.0. The number of hydrogen-bond donors (Lipinski definition) is 1. The third-order valence-electron chi connectivity index (χ3n) is 3.25. The van der Waals surface area contributed by atoms with Crippen molar-refractivity contribution in [2.75, 3.05) is 11.1 Å². The molecule has 0 aliphatic rings. The summed E-state index contributed by atoms with van der Waals surface area (Å²) in [7, 11) is 0. The predicted octanol–water partition coefficient (Wildman–Crippen LogP) is 5.46. The molecule has 0 saturated heterocycles. The number of aromatic nitrogens is 2. The van der Waals surface area contributed by atoms with Crippen molar-refractivity contribution in [2.24, 2.45) is 0 Å². The summed E-state index contributed by atoms with van der Waals surface area (Å²) in [5.41, 5.74) is 1.64. The molecule has 5 nitrogen and oxygen atoms in total. The minimum absolute atomic E-state index is 0.139. The van der Waals surface area contributed by atoms with Crippen LogP contribution in [-0.2, 0) is 11.2 Å². The zero-order valence-electron chi connectivity index (χ0n) is 13.2. The van der Waals surface area contributed by atoms with Crippen LogP contribution in [0.1, 0.15) is 11.5 Å². The van der Waals surface area contributed by atoms with E-state index in [0.29, 0.717) is 33.3 Å². The van der Waals surface area contributed by atoms with Crippen LogP contribution < -0.4 is 5.32 Å². The fourth-order valence-electron chi connectivity index (χ4n) is 2.04. The molecule has 0 unspecified atom stereocenters. The van der Waals surface area contributed by atoms with Gasteiger partial charge in [-0.05, 0) is 35.9 Å². The Balaban J connectivity index is 1.51. The molecule has 3 aromatic rings. The lowest BCUT2D eigenvalue weighted by Crippen LogP contribution is -2.13. The molecule has 0 bridgehead atoms. The molecule has 1 N–H and O–H groups in total. The highest BCUT2D eigenvalue weighted by Gasteiger charge is 2.11. The molecule has 26 heavy (non-hydrogen) atoms. The second kappa shape index (κ2) is 8.90. The molecule has 0 atom stereocenters. The number of rotatable bonds is 6. The fourth-order valence-corrected chi connectivity index (χ4v) is 3.19. The lowest BCUT2D eigenvalue weighted by Gasteiger charge is -2.05. The van der Waals surface area contributed by atoms with Gasteiger partial charge in [0.25, 0.3) is 5.22 Å². The number of amides is 1. The number of nitrogens with one attached hydrogen (secondary N) is 1.